The van der Waals surface area contributed by atoms with Crippen LogP contribution in [0.2, 0.25) is 0 Å². The van der Waals surface area contributed by atoms with Crippen LogP contribution in [0, 0.1) is 5.82 Å². The fourth-order valence-corrected chi connectivity index (χ4v) is 2.96. The van der Waals surface area contributed by atoms with E-state index in [2.05, 4.69) is 9.97 Å². The van der Waals surface area contributed by atoms with Crippen LogP contribution in [0.5, 0.6) is 0 Å². The van der Waals surface area contributed by atoms with Crippen molar-refractivity contribution in [3.8, 4) is 0 Å². The summed E-state index contributed by atoms with van der Waals surface area (Å²) in [5.74, 6) is -1.71. The molecule has 0 aliphatic rings. The first-order valence-electron chi connectivity index (χ1n) is 6.24. The van der Waals surface area contributed by atoms with Gasteiger partial charge in [0.25, 0.3) is 5.56 Å². The molecule has 110 valence electrons. The topological polar surface area (TPSA) is 83.0 Å². The molecule has 0 aliphatic carbocycles. The lowest BCUT2D eigenvalue weighted by atomic mass is 10.1. The molecule has 0 fully saturated rings. The van der Waals surface area contributed by atoms with Crippen molar-refractivity contribution in [1.29, 1.82) is 0 Å². The molecule has 7 heteroatoms. The minimum atomic E-state index is -1.20. The Morgan fingerprint density at radius 3 is 2.68 bits per heavy atom. The van der Waals surface area contributed by atoms with Gasteiger partial charge in [-0.15, -0.1) is 0 Å². The molecule has 1 aromatic carbocycles. The Labute approximate surface area is 127 Å². The first-order valence-corrected chi connectivity index (χ1v) is 7.05. The van der Waals surface area contributed by atoms with Gasteiger partial charge in [0.1, 0.15) is 10.8 Å². The number of pyridine rings is 2. The van der Waals surface area contributed by atoms with Crippen molar-refractivity contribution in [3.05, 3.63) is 64.3 Å². The lowest BCUT2D eigenvalue weighted by Crippen LogP contribution is -2.15. The number of aromatic nitrogens is 2. The van der Waals surface area contributed by atoms with Crippen LogP contribution in [0.4, 0.5) is 4.39 Å². The number of carboxylic acids is 1. The molecule has 0 atom stereocenters. The highest BCUT2D eigenvalue weighted by molar-refractivity contribution is 7.99. The van der Waals surface area contributed by atoms with Gasteiger partial charge >= 0.3 is 5.97 Å². The summed E-state index contributed by atoms with van der Waals surface area (Å²) in [6.07, 6.45) is 1.01. The molecule has 0 radical (unpaired) electrons. The molecule has 0 saturated heterocycles. The van der Waals surface area contributed by atoms with Crippen molar-refractivity contribution in [2.24, 2.45) is 0 Å². The Morgan fingerprint density at radius 2 is 2.00 bits per heavy atom. The zero-order chi connectivity index (χ0) is 15.7. The van der Waals surface area contributed by atoms with Crippen LogP contribution in [0.3, 0.4) is 0 Å². The van der Waals surface area contributed by atoms with Gasteiger partial charge in [-0.05, 0) is 18.2 Å². The third-order valence-corrected chi connectivity index (χ3v) is 4.04. The summed E-state index contributed by atoms with van der Waals surface area (Å²) in [5, 5.41) is 10.2. The van der Waals surface area contributed by atoms with Crippen LogP contribution in [0.1, 0.15) is 10.4 Å². The van der Waals surface area contributed by atoms with Gasteiger partial charge in [-0.1, -0.05) is 30.0 Å². The quantitative estimate of drug-likeness (QED) is 0.776. The predicted octanol–water partition coefficient (Wildman–Crippen LogP) is 2.91. The number of carbonyl (C=O) groups is 1. The summed E-state index contributed by atoms with van der Waals surface area (Å²) in [6.45, 7) is 0. The number of halogens is 1. The lowest BCUT2D eigenvalue weighted by molar-refractivity contribution is 0.0695. The number of fused-ring (bicyclic) bond motifs is 1. The molecule has 2 heterocycles. The third-order valence-electron chi connectivity index (χ3n) is 3.00. The molecule has 3 rings (SSSR count). The number of H-pyrrole nitrogens is 1. The average molecular weight is 316 g/mol. The molecule has 2 N–H and O–H groups in total. The average Bonchev–Trinajstić information content (AvgIpc) is 2.49. The zero-order valence-corrected chi connectivity index (χ0v) is 11.9. The number of hydrogen-bond donors (Lipinski definition) is 2. The van der Waals surface area contributed by atoms with E-state index in [0.29, 0.717) is 15.9 Å². The van der Waals surface area contributed by atoms with Crippen LogP contribution in [0.25, 0.3) is 10.9 Å². The summed E-state index contributed by atoms with van der Waals surface area (Å²) in [4.78, 5) is 30.3. The molecule has 3 aromatic rings. The second-order valence-corrected chi connectivity index (χ2v) is 5.46. The van der Waals surface area contributed by atoms with Crippen molar-refractivity contribution in [3.63, 3.8) is 0 Å². The molecule has 0 saturated carbocycles. The Morgan fingerprint density at radius 1 is 1.23 bits per heavy atom. The zero-order valence-electron chi connectivity index (χ0n) is 11.0. The number of carboxylic acid groups (broad SMARTS) is 1. The van der Waals surface area contributed by atoms with E-state index in [1.165, 1.54) is 12.1 Å². The van der Waals surface area contributed by atoms with E-state index in [0.717, 1.165) is 18.0 Å². The van der Waals surface area contributed by atoms with E-state index in [9.17, 15) is 19.1 Å². The number of benzene rings is 1. The molecule has 0 amide bonds. The fourth-order valence-electron chi connectivity index (χ4n) is 2.06. The van der Waals surface area contributed by atoms with Gasteiger partial charge in [-0.2, -0.15) is 0 Å². The van der Waals surface area contributed by atoms with E-state index >= 15 is 0 Å². The smallest absolute Gasteiger partial charge is 0.337 e. The fraction of sp³-hybridized carbons (Fsp3) is 0. The molecule has 22 heavy (non-hydrogen) atoms. The van der Waals surface area contributed by atoms with Gasteiger partial charge in [0.05, 0.1) is 16.7 Å². The maximum absolute atomic E-state index is 12.9. The van der Waals surface area contributed by atoms with Gasteiger partial charge in [-0.3, -0.25) is 4.79 Å². The minimum Gasteiger partial charge on any atom is -0.478 e. The lowest BCUT2D eigenvalue weighted by Gasteiger charge is -2.08. The number of hydrogen-bond acceptors (Lipinski definition) is 4. The second kappa shape index (κ2) is 5.61. The van der Waals surface area contributed by atoms with Gasteiger partial charge in [0, 0.05) is 10.9 Å². The van der Waals surface area contributed by atoms with Gasteiger partial charge < -0.3 is 10.1 Å². The first-order chi connectivity index (χ1) is 10.6. The summed E-state index contributed by atoms with van der Waals surface area (Å²) in [7, 11) is 0. The van der Waals surface area contributed by atoms with E-state index in [1.807, 2.05) is 0 Å². The summed E-state index contributed by atoms with van der Waals surface area (Å²) >= 11 is 0.890. The summed E-state index contributed by atoms with van der Waals surface area (Å²) < 4.78 is 12.9. The number of nitrogens with zero attached hydrogens (tertiary/aromatic N) is 1. The first kappa shape index (κ1) is 14.3. The van der Waals surface area contributed by atoms with E-state index in [-0.39, 0.29) is 10.5 Å². The van der Waals surface area contributed by atoms with Gasteiger partial charge in [0.2, 0.25) is 0 Å². The van der Waals surface area contributed by atoms with Crippen LogP contribution in [-0.2, 0) is 0 Å². The number of nitrogens with one attached hydrogen (secondary N) is 1. The van der Waals surface area contributed by atoms with Crippen molar-refractivity contribution in [2.75, 3.05) is 0 Å². The van der Waals surface area contributed by atoms with Crippen molar-refractivity contribution < 1.29 is 14.3 Å². The number of rotatable bonds is 3. The Kier molecular flexibility index (Phi) is 3.64. The highest BCUT2D eigenvalue weighted by Crippen LogP contribution is 2.29. The SMILES string of the molecule is O=C(O)c1c(Sc2ccc(F)cn2)c(=O)[nH]c2ccccc12. The van der Waals surface area contributed by atoms with Crippen molar-refractivity contribution in [2.45, 2.75) is 9.92 Å². The minimum absolute atomic E-state index is 0.0188. The highest BCUT2D eigenvalue weighted by atomic mass is 32.2. The number of para-hydroxylation sites is 1. The maximum Gasteiger partial charge on any atom is 0.337 e. The monoisotopic (exact) mass is 316 g/mol. The highest BCUT2D eigenvalue weighted by Gasteiger charge is 2.19. The van der Waals surface area contributed by atoms with Gasteiger partial charge in [0.15, 0.2) is 0 Å². The molecule has 0 unspecified atom stereocenters. The Hall–Kier alpha value is -2.67. The largest absolute Gasteiger partial charge is 0.478 e. The molecular weight excluding hydrogens is 307 g/mol. The van der Waals surface area contributed by atoms with Crippen molar-refractivity contribution >= 4 is 28.6 Å². The molecule has 0 aliphatic heterocycles. The summed E-state index contributed by atoms with van der Waals surface area (Å²) in [6, 6.07) is 9.24. The molecule has 0 bridgehead atoms. The number of aromatic amines is 1. The van der Waals surface area contributed by atoms with E-state index in [1.54, 1.807) is 24.3 Å². The Bertz CT molecular complexity index is 922. The number of aromatic carboxylic acids is 1. The van der Waals surface area contributed by atoms with Crippen molar-refractivity contribution in [1.82, 2.24) is 9.97 Å². The second-order valence-electron chi connectivity index (χ2n) is 4.43. The van der Waals surface area contributed by atoms with Crippen LogP contribution < -0.4 is 5.56 Å². The molecule has 5 nitrogen and oxygen atoms in total. The predicted molar refractivity (Wildman–Crippen MR) is 79.8 cm³/mol. The van der Waals surface area contributed by atoms with E-state index in [4.69, 9.17) is 0 Å². The molecule has 0 spiro atoms. The van der Waals surface area contributed by atoms with Crippen LogP contribution >= 0.6 is 11.8 Å². The normalized spacial score (nSPS) is 10.8. The molecule has 2 aromatic heterocycles. The maximum atomic E-state index is 12.9. The standard InChI is InChI=1S/C15H9FN2O3S/c16-8-5-6-11(17-7-8)22-13-12(15(20)21)9-3-1-2-4-10(9)18-14(13)19/h1-7H,(H,18,19)(H,20,21). The van der Waals surface area contributed by atoms with Gasteiger partial charge in [-0.25, -0.2) is 14.2 Å². The van der Waals surface area contributed by atoms with E-state index < -0.39 is 17.3 Å². The van der Waals surface area contributed by atoms with Crippen LogP contribution in [-0.4, -0.2) is 21.0 Å². The van der Waals surface area contributed by atoms with Crippen LogP contribution in [0.15, 0.2) is 57.3 Å². The Balaban J connectivity index is 2.21. The third kappa shape index (κ3) is 2.58. The molecular formula is C15H9FN2O3S. The summed E-state index contributed by atoms with van der Waals surface area (Å²) in [5.41, 5.74) is -0.163.